The lowest BCUT2D eigenvalue weighted by Gasteiger charge is -2.31. The summed E-state index contributed by atoms with van der Waals surface area (Å²) in [6, 6.07) is 49.9. The summed E-state index contributed by atoms with van der Waals surface area (Å²) >= 11 is 0. The number of hydrogen-bond acceptors (Lipinski definition) is 3. The van der Waals surface area contributed by atoms with Crippen LogP contribution in [0.2, 0.25) is 0 Å². The van der Waals surface area contributed by atoms with Crippen LogP contribution in [0.3, 0.4) is 0 Å². The normalized spacial score (nSPS) is 17.2. The summed E-state index contributed by atoms with van der Waals surface area (Å²) in [5, 5.41) is 3.09. The van der Waals surface area contributed by atoms with Crippen molar-refractivity contribution in [3.05, 3.63) is 204 Å². The van der Waals surface area contributed by atoms with E-state index in [1.807, 2.05) is 42.5 Å². The molecule has 3 nitrogen and oxygen atoms in total. The number of aliphatic imine (C=N–C) groups is 1. The Morgan fingerprint density at radius 3 is 2.40 bits per heavy atom. The zero-order chi connectivity index (χ0) is 34.6. The van der Waals surface area contributed by atoms with E-state index in [9.17, 15) is 0 Å². The Hall–Kier alpha value is -7.02. The van der Waals surface area contributed by atoms with E-state index in [-0.39, 0.29) is 0 Å². The van der Waals surface area contributed by atoms with Crippen molar-refractivity contribution in [1.82, 2.24) is 4.98 Å². The van der Waals surface area contributed by atoms with E-state index in [2.05, 4.69) is 128 Å². The van der Waals surface area contributed by atoms with E-state index in [1.54, 1.807) is 0 Å². The molecule has 0 fully saturated rings. The Balaban J connectivity index is 1.21. The van der Waals surface area contributed by atoms with Gasteiger partial charge in [0.25, 0.3) is 0 Å². The van der Waals surface area contributed by atoms with Crippen molar-refractivity contribution < 1.29 is 4.42 Å². The van der Waals surface area contributed by atoms with Gasteiger partial charge in [0.2, 0.25) is 0 Å². The van der Waals surface area contributed by atoms with Crippen LogP contribution >= 0.6 is 0 Å². The number of furan rings is 1. The Labute approximate surface area is 300 Å². The molecule has 52 heavy (non-hydrogen) atoms. The lowest BCUT2D eigenvalue weighted by atomic mass is 9.70. The van der Waals surface area contributed by atoms with Crippen molar-refractivity contribution in [2.24, 2.45) is 4.99 Å². The highest BCUT2D eigenvalue weighted by molar-refractivity contribution is 6.13. The largest absolute Gasteiger partial charge is 0.455 e. The number of allylic oxidation sites excluding steroid dienone is 5. The van der Waals surface area contributed by atoms with Gasteiger partial charge >= 0.3 is 0 Å². The molecule has 3 aliphatic rings. The fourth-order valence-electron chi connectivity index (χ4n) is 8.66. The first kappa shape index (κ1) is 28.8. The van der Waals surface area contributed by atoms with Crippen molar-refractivity contribution in [2.45, 2.75) is 5.41 Å². The van der Waals surface area contributed by atoms with Crippen molar-refractivity contribution in [2.75, 3.05) is 0 Å². The Morgan fingerprint density at radius 1 is 0.692 bits per heavy atom. The Kier molecular flexibility index (Phi) is 5.81. The summed E-state index contributed by atoms with van der Waals surface area (Å²) in [7, 11) is 0. The molecule has 8 aromatic rings. The standard InChI is InChI=1S/C49H28N2O/c1-29-11-3-8-16-44(29)50-30(2)32-19-22-35-36-23-20-33(46-24-21-31-12-4-9-17-45(31)51-46)26-42(36)49(41(35)25-32)40-15-7-5-13-34(40)38-28-48-39(27-43(38)49)37-14-6-10-18-47(37)52-48/h3-5,7-13,15-28H,1-2H2. The zero-order valence-electron chi connectivity index (χ0n) is 28.1. The van der Waals surface area contributed by atoms with E-state index >= 15 is 0 Å². The molecule has 6 aromatic carbocycles. The third kappa shape index (κ3) is 3.87. The molecule has 3 heteroatoms. The highest BCUT2D eigenvalue weighted by Crippen LogP contribution is 2.64. The van der Waals surface area contributed by atoms with Crippen molar-refractivity contribution in [1.29, 1.82) is 0 Å². The monoisotopic (exact) mass is 660 g/mol. The maximum Gasteiger partial charge on any atom is 0.144 e. The second-order valence-corrected chi connectivity index (χ2v) is 13.7. The smallest absolute Gasteiger partial charge is 0.144 e. The molecule has 3 aliphatic carbocycles. The lowest BCUT2D eigenvalue weighted by Crippen LogP contribution is -2.26. The zero-order valence-corrected chi connectivity index (χ0v) is 28.1. The molecular formula is C49H28N2O. The molecule has 0 saturated carbocycles. The summed E-state index contributed by atoms with van der Waals surface area (Å²) in [6.07, 6.45) is 7.93. The van der Waals surface area contributed by atoms with Gasteiger partial charge in [0.15, 0.2) is 0 Å². The third-order valence-electron chi connectivity index (χ3n) is 11.0. The van der Waals surface area contributed by atoms with Crippen LogP contribution in [-0.2, 0) is 5.41 Å². The summed E-state index contributed by atoms with van der Waals surface area (Å²) < 4.78 is 6.42. The van der Waals surface area contributed by atoms with Crippen LogP contribution in [0.1, 0.15) is 27.8 Å². The number of hydrogen-bond donors (Lipinski definition) is 0. The van der Waals surface area contributed by atoms with Crippen LogP contribution in [0, 0.1) is 12.1 Å². The molecule has 0 bridgehead atoms. The molecule has 1 atom stereocenters. The topological polar surface area (TPSA) is 38.4 Å². The highest BCUT2D eigenvalue weighted by Gasteiger charge is 2.52. The molecule has 0 radical (unpaired) electrons. The number of nitrogens with zero attached hydrogens (tertiary/aromatic N) is 2. The Bertz CT molecular complexity index is 3010. The van der Waals surface area contributed by atoms with E-state index in [4.69, 9.17) is 14.4 Å². The van der Waals surface area contributed by atoms with Crippen LogP contribution in [0.15, 0.2) is 174 Å². The van der Waals surface area contributed by atoms with E-state index in [0.717, 1.165) is 60.9 Å². The summed E-state index contributed by atoms with van der Waals surface area (Å²) in [4.78, 5) is 10.1. The fraction of sp³-hybridized carbons (Fsp3) is 0.0204. The van der Waals surface area contributed by atoms with Gasteiger partial charge in [-0.3, -0.25) is 0 Å². The van der Waals surface area contributed by atoms with Gasteiger partial charge in [-0.15, -0.1) is 0 Å². The van der Waals surface area contributed by atoms with Crippen molar-refractivity contribution in [3.63, 3.8) is 0 Å². The van der Waals surface area contributed by atoms with Crippen LogP contribution < -0.4 is 0 Å². The SMILES string of the molecule is C=C1C=CC=CC1=NC(=C)c1ccc2c(c1)C1(c3ccccc3-c3cc4oc5ccc#cc5c4cc31)c1cc(-c3ccc4ccccc4n3)ccc1-2. The summed E-state index contributed by atoms with van der Waals surface area (Å²) in [5.74, 6) is 0. The van der Waals surface area contributed by atoms with Gasteiger partial charge in [-0.05, 0) is 110 Å². The minimum Gasteiger partial charge on any atom is -0.455 e. The summed E-state index contributed by atoms with van der Waals surface area (Å²) in [5.41, 5.74) is 17.0. The number of benzene rings is 5. The molecule has 0 amide bonds. The van der Waals surface area contributed by atoms with E-state index in [0.29, 0.717) is 5.70 Å². The second-order valence-electron chi connectivity index (χ2n) is 13.7. The van der Waals surface area contributed by atoms with Gasteiger partial charge in [-0.25, -0.2) is 9.98 Å². The highest BCUT2D eigenvalue weighted by atomic mass is 16.3. The molecule has 0 aliphatic heterocycles. The van der Waals surface area contributed by atoms with Gasteiger partial charge in [-0.1, -0.05) is 116 Å². The molecule has 0 N–H and O–H groups in total. The Morgan fingerprint density at radius 2 is 1.48 bits per heavy atom. The second kappa shape index (κ2) is 10.5. The molecule has 2 aromatic heterocycles. The minimum atomic E-state index is -0.625. The van der Waals surface area contributed by atoms with E-state index < -0.39 is 5.41 Å². The fourth-order valence-corrected chi connectivity index (χ4v) is 8.66. The van der Waals surface area contributed by atoms with Crippen LogP contribution in [-0.4, -0.2) is 10.7 Å². The number of para-hydroxylation sites is 1. The minimum absolute atomic E-state index is 0.625. The number of aromatic nitrogens is 1. The maximum atomic E-state index is 6.42. The lowest BCUT2D eigenvalue weighted by molar-refractivity contribution is 0.669. The first-order chi connectivity index (χ1) is 25.6. The van der Waals surface area contributed by atoms with E-state index in [1.165, 1.54) is 44.5 Å². The molecular weight excluding hydrogens is 633 g/mol. The van der Waals surface area contributed by atoms with Gasteiger partial charge in [-0.2, -0.15) is 0 Å². The first-order valence-corrected chi connectivity index (χ1v) is 17.4. The van der Waals surface area contributed by atoms with Gasteiger partial charge in [0, 0.05) is 16.3 Å². The predicted molar refractivity (Wildman–Crippen MR) is 212 cm³/mol. The molecule has 0 saturated heterocycles. The van der Waals surface area contributed by atoms with Crippen LogP contribution in [0.5, 0.6) is 0 Å². The third-order valence-corrected chi connectivity index (χ3v) is 11.0. The quantitative estimate of drug-likeness (QED) is 0.189. The first-order valence-electron chi connectivity index (χ1n) is 17.4. The molecule has 240 valence electrons. The van der Waals surface area contributed by atoms with Crippen molar-refractivity contribution in [3.8, 4) is 33.5 Å². The van der Waals surface area contributed by atoms with Crippen LogP contribution in [0.25, 0.3) is 72.0 Å². The molecule has 1 spiro atoms. The maximum absolute atomic E-state index is 6.42. The van der Waals surface area contributed by atoms with Crippen molar-refractivity contribution >= 4 is 44.3 Å². The van der Waals surface area contributed by atoms with Crippen LogP contribution in [0.4, 0.5) is 0 Å². The molecule has 1 unspecified atom stereocenters. The number of pyridine rings is 1. The average molecular weight is 661 g/mol. The number of fused-ring (bicyclic) bond motifs is 14. The molecule has 11 rings (SSSR count). The average Bonchev–Trinajstić information content (AvgIpc) is 3.80. The molecule has 2 heterocycles. The predicted octanol–water partition coefficient (Wildman–Crippen LogP) is 11.8. The van der Waals surface area contributed by atoms with Gasteiger partial charge in [0.1, 0.15) is 11.2 Å². The summed E-state index contributed by atoms with van der Waals surface area (Å²) in [6.45, 7) is 8.66. The number of rotatable bonds is 3. The van der Waals surface area contributed by atoms with Gasteiger partial charge in [0.05, 0.1) is 33.4 Å². The van der Waals surface area contributed by atoms with Gasteiger partial charge < -0.3 is 4.42 Å².